The lowest BCUT2D eigenvalue weighted by Gasteiger charge is -2.06. The topological polar surface area (TPSA) is 43.1 Å². The number of nitrogen functional groups attached to an aromatic ring is 1. The van der Waals surface area contributed by atoms with Crippen LogP contribution in [0.4, 0.5) is 10.1 Å². The van der Waals surface area contributed by atoms with Crippen molar-refractivity contribution in [2.45, 2.75) is 10.6 Å². The summed E-state index contributed by atoms with van der Waals surface area (Å²) < 4.78 is 26.5. The van der Waals surface area contributed by atoms with Crippen molar-refractivity contribution in [3.8, 4) is 0 Å². The molecule has 0 aliphatic carbocycles. The highest BCUT2D eigenvalue weighted by Crippen LogP contribution is 2.24. The average molecular weight is 363 g/mol. The fourth-order valence-electron chi connectivity index (χ4n) is 1.53. The highest BCUT2D eigenvalue weighted by molar-refractivity contribution is 9.10. The van der Waals surface area contributed by atoms with Crippen molar-refractivity contribution in [2.24, 2.45) is 0 Å². The zero-order chi connectivity index (χ0) is 14.0. The Morgan fingerprint density at radius 1 is 1.26 bits per heavy atom. The maximum atomic E-state index is 13.6. The fourth-order valence-corrected chi connectivity index (χ4v) is 3.32. The van der Waals surface area contributed by atoms with E-state index in [1.807, 2.05) is 0 Å². The van der Waals surface area contributed by atoms with Gasteiger partial charge in [0.2, 0.25) is 0 Å². The molecule has 1 atom stereocenters. The summed E-state index contributed by atoms with van der Waals surface area (Å²) in [5, 5.41) is 0.348. The van der Waals surface area contributed by atoms with E-state index >= 15 is 0 Å². The summed E-state index contributed by atoms with van der Waals surface area (Å²) in [6.45, 7) is 0. The first-order valence-corrected chi connectivity index (χ1v) is 7.83. The smallest absolute Gasteiger partial charge is 0.127 e. The van der Waals surface area contributed by atoms with Crippen molar-refractivity contribution in [3.63, 3.8) is 0 Å². The SMILES string of the molecule is Nc1ccc(S(=O)Cc2cc(Br)ccc2F)cc1Cl. The molecule has 0 spiro atoms. The largest absolute Gasteiger partial charge is 0.398 e. The third kappa shape index (κ3) is 3.55. The van der Waals surface area contributed by atoms with Gasteiger partial charge in [-0.05, 0) is 36.4 Å². The van der Waals surface area contributed by atoms with Gasteiger partial charge in [-0.3, -0.25) is 4.21 Å². The first-order valence-electron chi connectivity index (χ1n) is 5.34. The van der Waals surface area contributed by atoms with Crippen molar-refractivity contribution < 1.29 is 8.60 Å². The number of anilines is 1. The Kier molecular flexibility index (Phi) is 4.60. The molecule has 0 bridgehead atoms. The van der Waals surface area contributed by atoms with Gasteiger partial charge in [0.1, 0.15) is 5.82 Å². The molecule has 0 aliphatic heterocycles. The number of rotatable bonds is 3. The van der Waals surface area contributed by atoms with Crippen molar-refractivity contribution in [1.82, 2.24) is 0 Å². The lowest BCUT2D eigenvalue weighted by atomic mass is 10.2. The van der Waals surface area contributed by atoms with E-state index in [1.54, 1.807) is 30.3 Å². The minimum Gasteiger partial charge on any atom is -0.398 e. The predicted octanol–water partition coefficient (Wildman–Crippen LogP) is 4.13. The Hall–Kier alpha value is -0.910. The predicted molar refractivity (Wildman–Crippen MR) is 80.1 cm³/mol. The molecule has 0 aliphatic rings. The maximum Gasteiger partial charge on any atom is 0.127 e. The van der Waals surface area contributed by atoms with Gasteiger partial charge in [-0.15, -0.1) is 0 Å². The molecule has 0 heterocycles. The fraction of sp³-hybridized carbons (Fsp3) is 0.0769. The zero-order valence-electron chi connectivity index (χ0n) is 9.70. The van der Waals surface area contributed by atoms with Crippen LogP contribution in [0, 0.1) is 5.82 Å². The molecule has 0 saturated carbocycles. The highest BCUT2D eigenvalue weighted by atomic mass is 79.9. The Bertz CT molecular complexity index is 651. The molecule has 0 fully saturated rings. The first kappa shape index (κ1) is 14.5. The number of nitrogens with two attached hydrogens (primary N) is 1. The summed E-state index contributed by atoms with van der Waals surface area (Å²) in [5.74, 6) is -0.288. The van der Waals surface area contributed by atoms with Crippen LogP contribution in [0.2, 0.25) is 5.02 Å². The second-order valence-corrected chi connectivity index (χ2v) is 6.68. The monoisotopic (exact) mass is 361 g/mol. The molecule has 2 nitrogen and oxygen atoms in total. The van der Waals surface area contributed by atoms with Crippen LogP contribution in [-0.2, 0) is 16.6 Å². The molecule has 2 aromatic rings. The van der Waals surface area contributed by atoms with Crippen LogP contribution < -0.4 is 5.73 Å². The third-order valence-electron chi connectivity index (χ3n) is 2.53. The number of halogens is 3. The van der Waals surface area contributed by atoms with E-state index in [-0.39, 0.29) is 11.6 Å². The van der Waals surface area contributed by atoms with Crippen molar-refractivity contribution in [3.05, 3.63) is 57.3 Å². The first-order chi connectivity index (χ1) is 8.97. The van der Waals surface area contributed by atoms with Gasteiger partial charge in [0, 0.05) is 14.9 Å². The van der Waals surface area contributed by atoms with Crippen LogP contribution in [0.1, 0.15) is 5.56 Å². The summed E-state index contributed by atoms with van der Waals surface area (Å²) >= 11 is 9.14. The molecule has 6 heteroatoms. The van der Waals surface area contributed by atoms with Crippen molar-refractivity contribution in [2.75, 3.05) is 5.73 Å². The Morgan fingerprint density at radius 2 is 2.00 bits per heavy atom. The maximum absolute atomic E-state index is 13.6. The van der Waals surface area contributed by atoms with Crippen LogP contribution in [0.15, 0.2) is 45.8 Å². The zero-order valence-corrected chi connectivity index (χ0v) is 12.9. The van der Waals surface area contributed by atoms with E-state index in [0.29, 0.717) is 21.2 Å². The summed E-state index contributed by atoms with van der Waals surface area (Å²) in [6.07, 6.45) is 0. The summed E-state index contributed by atoms with van der Waals surface area (Å²) in [4.78, 5) is 0.526. The van der Waals surface area contributed by atoms with Gasteiger partial charge in [-0.1, -0.05) is 27.5 Å². The molecule has 0 amide bonds. The van der Waals surface area contributed by atoms with Gasteiger partial charge in [0.25, 0.3) is 0 Å². The Morgan fingerprint density at radius 3 is 2.68 bits per heavy atom. The molecule has 2 rings (SSSR count). The number of hydrogen-bond donors (Lipinski definition) is 1. The molecular formula is C13H10BrClFNOS. The van der Waals surface area contributed by atoms with Crippen LogP contribution in [0.3, 0.4) is 0 Å². The minimum atomic E-state index is -1.37. The van der Waals surface area contributed by atoms with Crippen molar-refractivity contribution >= 4 is 44.0 Å². The van der Waals surface area contributed by atoms with Crippen LogP contribution >= 0.6 is 27.5 Å². The molecular weight excluding hydrogens is 353 g/mol. The van der Waals surface area contributed by atoms with Crippen LogP contribution in [0.25, 0.3) is 0 Å². The molecule has 100 valence electrons. The minimum absolute atomic E-state index is 0.0888. The van der Waals surface area contributed by atoms with Gasteiger partial charge in [-0.25, -0.2) is 4.39 Å². The van der Waals surface area contributed by atoms with Gasteiger partial charge in [-0.2, -0.15) is 0 Å². The second kappa shape index (κ2) is 6.03. The molecule has 2 aromatic carbocycles. The summed E-state index contributed by atoms with van der Waals surface area (Å²) in [7, 11) is -1.37. The molecule has 0 saturated heterocycles. The van der Waals surface area contributed by atoms with Gasteiger partial charge in [0.15, 0.2) is 0 Å². The quantitative estimate of drug-likeness (QED) is 0.834. The highest BCUT2D eigenvalue weighted by Gasteiger charge is 2.11. The molecule has 0 aromatic heterocycles. The van der Waals surface area contributed by atoms with Crippen LogP contribution in [-0.4, -0.2) is 4.21 Å². The van der Waals surface area contributed by atoms with Crippen LogP contribution in [0.5, 0.6) is 0 Å². The Labute approximate surface area is 126 Å². The lowest BCUT2D eigenvalue weighted by Crippen LogP contribution is -2.00. The van der Waals surface area contributed by atoms with E-state index in [2.05, 4.69) is 15.9 Å². The van der Waals surface area contributed by atoms with Gasteiger partial charge < -0.3 is 5.73 Å². The molecule has 1 unspecified atom stereocenters. The number of benzene rings is 2. The average Bonchev–Trinajstić information content (AvgIpc) is 2.37. The Balaban J connectivity index is 2.25. The van der Waals surface area contributed by atoms with E-state index in [1.165, 1.54) is 6.07 Å². The lowest BCUT2D eigenvalue weighted by molar-refractivity contribution is 0.615. The van der Waals surface area contributed by atoms with E-state index in [9.17, 15) is 8.60 Å². The summed E-state index contributed by atoms with van der Waals surface area (Å²) in [6, 6.07) is 9.32. The molecule has 19 heavy (non-hydrogen) atoms. The van der Waals surface area contributed by atoms with E-state index in [4.69, 9.17) is 17.3 Å². The van der Waals surface area contributed by atoms with Gasteiger partial charge in [0.05, 0.1) is 27.3 Å². The molecule has 0 radical (unpaired) electrons. The van der Waals surface area contributed by atoms with Gasteiger partial charge >= 0.3 is 0 Å². The molecule has 2 N–H and O–H groups in total. The summed E-state index contributed by atoms with van der Waals surface area (Å²) in [5.41, 5.74) is 6.40. The second-order valence-electron chi connectivity index (χ2n) is 3.91. The van der Waals surface area contributed by atoms with E-state index < -0.39 is 10.8 Å². The number of hydrogen-bond acceptors (Lipinski definition) is 2. The standard InChI is InChI=1S/C13H10BrClFNOS/c14-9-1-3-12(16)8(5-9)7-19(18)10-2-4-13(17)11(15)6-10/h1-6H,7,17H2. The third-order valence-corrected chi connectivity index (χ3v) is 4.70. The normalized spacial score (nSPS) is 12.4. The van der Waals surface area contributed by atoms with Crippen molar-refractivity contribution in [1.29, 1.82) is 0 Å². The van der Waals surface area contributed by atoms with E-state index in [0.717, 1.165) is 4.47 Å².